The monoisotopic (exact) mass is 311 g/mol. The van der Waals surface area contributed by atoms with Crippen LogP contribution in [0.3, 0.4) is 0 Å². The molecule has 1 unspecified atom stereocenters. The van der Waals surface area contributed by atoms with E-state index in [2.05, 4.69) is 6.92 Å². The standard InChI is InChI=1S/C16H24O4P/c1-3-5-11-19-14-9-7-8-10-15(14)21(18)13-16(17)20-12-6-4-2/h7-10H,3-6,11-13H2,1-2H3/q+1. The summed E-state index contributed by atoms with van der Waals surface area (Å²) in [6, 6.07) is 7.19. The van der Waals surface area contributed by atoms with Gasteiger partial charge in [0.15, 0.2) is 5.75 Å². The molecule has 0 fully saturated rings. The minimum absolute atomic E-state index is 0.0901. The highest BCUT2D eigenvalue weighted by Crippen LogP contribution is 2.26. The van der Waals surface area contributed by atoms with E-state index in [1.807, 2.05) is 13.0 Å². The second kappa shape index (κ2) is 10.3. The Morgan fingerprint density at radius 2 is 1.76 bits per heavy atom. The number of benzene rings is 1. The number of ether oxygens (including phenoxy) is 2. The van der Waals surface area contributed by atoms with Crippen molar-refractivity contribution in [3.63, 3.8) is 0 Å². The van der Waals surface area contributed by atoms with Crippen LogP contribution in [0.4, 0.5) is 0 Å². The SMILES string of the molecule is CCCCOC(=O)C[P+](=O)c1ccccc1OCCCC. The van der Waals surface area contributed by atoms with Crippen LogP contribution in [0, 0.1) is 0 Å². The Balaban J connectivity index is 2.58. The predicted molar refractivity (Wildman–Crippen MR) is 84.8 cm³/mol. The van der Waals surface area contributed by atoms with Crippen molar-refractivity contribution in [2.24, 2.45) is 0 Å². The molecule has 0 amide bonds. The molecule has 1 rings (SSSR count). The van der Waals surface area contributed by atoms with Crippen molar-refractivity contribution in [3.05, 3.63) is 24.3 Å². The van der Waals surface area contributed by atoms with Crippen LogP contribution in [0.5, 0.6) is 5.75 Å². The van der Waals surface area contributed by atoms with Gasteiger partial charge in [0.2, 0.25) is 11.5 Å². The Morgan fingerprint density at radius 1 is 1.10 bits per heavy atom. The van der Waals surface area contributed by atoms with E-state index >= 15 is 0 Å². The van der Waals surface area contributed by atoms with Crippen LogP contribution in [0.1, 0.15) is 39.5 Å². The van der Waals surface area contributed by atoms with Crippen LogP contribution in [0.25, 0.3) is 0 Å². The molecule has 21 heavy (non-hydrogen) atoms. The van der Waals surface area contributed by atoms with Gasteiger partial charge < -0.3 is 9.47 Å². The smallest absolute Gasteiger partial charge is 0.392 e. The van der Waals surface area contributed by atoms with E-state index in [0.29, 0.717) is 24.3 Å². The van der Waals surface area contributed by atoms with Crippen LogP contribution >= 0.6 is 7.80 Å². The summed E-state index contributed by atoms with van der Waals surface area (Å²) < 4.78 is 23.0. The molecular weight excluding hydrogens is 287 g/mol. The van der Waals surface area contributed by atoms with E-state index in [1.54, 1.807) is 18.2 Å². The van der Waals surface area contributed by atoms with Gasteiger partial charge in [0.1, 0.15) is 0 Å². The maximum absolute atomic E-state index is 12.3. The number of hydrogen-bond acceptors (Lipinski definition) is 4. The number of hydrogen-bond donors (Lipinski definition) is 0. The van der Waals surface area contributed by atoms with Crippen LogP contribution in [-0.4, -0.2) is 25.3 Å². The maximum Gasteiger partial charge on any atom is 0.392 e. The topological polar surface area (TPSA) is 52.6 Å². The summed E-state index contributed by atoms with van der Waals surface area (Å²) in [5.74, 6) is 0.196. The highest BCUT2D eigenvalue weighted by molar-refractivity contribution is 7.54. The van der Waals surface area contributed by atoms with E-state index in [1.165, 1.54) is 0 Å². The molecule has 0 radical (unpaired) electrons. The number of rotatable bonds is 10. The molecule has 0 aliphatic carbocycles. The lowest BCUT2D eigenvalue weighted by Gasteiger charge is -2.05. The van der Waals surface area contributed by atoms with Gasteiger partial charge >= 0.3 is 13.8 Å². The van der Waals surface area contributed by atoms with E-state index < -0.39 is 13.8 Å². The van der Waals surface area contributed by atoms with Crippen molar-refractivity contribution >= 4 is 19.1 Å². The lowest BCUT2D eigenvalue weighted by Crippen LogP contribution is -2.13. The minimum atomic E-state index is -1.83. The van der Waals surface area contributed by atoms with E-state index in [4.69, 9.17) is 9.47 Å². The third-order valence-electron chi connectivity index (χ3n) is 2.92. The number of para-hydroxylation sites is 1. The lowest BCUT2D eigenvalue weighted by atomic mass is 10.3. The number of esters is 1. The van der Waals surface area contributed by atoms with Crippen molar-refractivity contribution in [2.75, 3.05) is 19.4 Å². The predicted octanol–water partition coefficient (Wildman–Crippen LogP) is 3.66. The fourth-order valence-electron chi connectivity index (χ4n) is 1.69. The number of carbonyl (C=O) groups is 1. The lowest BCUT2D eigenvalue weighted by molar-refractivity contribution is -0.140. The quantitative estimate of drug-likeness (QED) is 0.376. The Labute approximate surface area is 127 Å². The molecule has 5 heteroatoms. The first-order chi connectivity index (χ1) is 10.2. The first-order valence-corrected chi connectivity index (χ1v) is 8.95. The Kier molecular flexibility index (Phi) is 8.68. The molecule has 0 saturated heterocycles. The average Bonchev–Trinajstić information content (AvgIpc) is 2.48. The molecule has 1 atom stereocenters. The zero-order valence-electron chi connectivity index (χ0n) is 12.8. The van der Waals surface area contributed by atoms with Crippen molar-refractivity contribution in [1.29, 1.82) is 0 Å². The second-order valence-electron chi connectivity index (χ2n) is 4.78. The summed E-state index contributed by atoms with van der Waals surface area (Å²) >= 11 is 0. The Morgan fingerprint density at radius 3 is 2.48 bits per heavy atom. The molecule has 116 valence electrons. The van der Waals surface area contributed by atoms with Gasteiger partial charge in [-0.25, -0.2) is 4.79 Å². The summed E-state index contributed by atoms with van der Waals surface area (Å²) in [4.78, 5) is 11.6. The van der Waals surface area contributed by atoms with Crippen LogP contribution in [-0.2, 0) is 14.1 Å². The minimum Gasteiger partial charge on any atom is -0.489 e. The summed E-state index contributed by atoms with van der Waals surface area (Å²) in [5, 5.41) is 0.594. The van der Waals surface area contributed by atoms with Gasteiger partial charge in [-0.15, -0.1) is 0 Å². The zero-order valence-corrected chi connectivity index (χ0v) is 13.7. The van der Waals surface area contributed by atoms with E-state index in [9.17, 15) is 9.36 Å². The molecule has 0 aliphatic rings. The van der Waals surface area contributed by atoms with Gasteiger partial charge in [-0.3, -0.25) is 0 Å². The molecule has 0 aromatic heterocycles. The van der Waals surface area contributed by atoms with Crippen LogP contribution in [0.2, 0.25) is 0 Å². The third-order valence-corrected chi connectivity index (χ3v) is 4.38. The fourth-order valence-corrected chi connectivity index (χ4v) is 2.82. The number of unbranched alkanes of at least 4 members (excludes halogenated alkanes) is 2. The van der Waals surface area contributed by atoms with Crippen molar-refractivity contribution in [2.45, 2.75) is 39.5 Å². The summed E-state index contributed by atoms with van der Waals surface area (Å²) in [6.07, 6.45) is 3.70. The largest absolute Gasteiger partial charge is 0.489 e. The molecule has 0 heterocycles. The second-order valence-corrected chi connectivity index (χ2v) is 6.34. The maximum atomic E-state index is 12.3. The van der Waals surface area contributed by atoms with Crippen molar-refractivity contribution in [3.8, 4) is 5.75 Å². The van der Waals surface area contributed by atoms with Gasteiger partial charge in [0.25, 0.3) is 0 Å². The molecule has 0 bridgehead atoms. The molecule has 0 saturated carbocycles. The van der Waals surface area contributed by atoms with Crippen molar-refractivity contribution < 1.29 is 18.8 Å². The Hall–Kier alpha value is -1.41. The van der Waals surface area contributed by atoms with Gasteiger partial charge in [-0.05, 0) is 25.0 Å². The van der Waals surface area contributed by atoms with Crippen LogP contribution < -0.4 is 10.0 Å². The van der Waals surface area contributed by atoms with E-state index in [-0.39, 0.29) is 6.16 Å². The molecule has 0 N–H and O–H groups in total. The highest BCUT2D eigenvalue weighted by Gasteiger charge is 2.29. The molecule has 1 aromatic carbocycles. The van der Waals surface area contributed by atoms with Crippen molar-refractivity contribution in [1.82, 2.24) is 0 Å². The summed E-state index contributed by atoms with van der Waals surface area (Å²) in [6.45, 7) is 5.10. The third kappa shape index (κ3) is 6.72. The summed E-state index contributed by atoms with van der Waals surface area (Å²) in [5.41, 5.74) is 0. The Bertz CT molecular complexity index is 459. The van der Waals surface area contributed by atoms with Gasteiger partial charge in [0, 0.05) is 0 Å². The van der Waals surface area contributed by atoms with E-state index in [0.717, 1.165) is 25.7 Å². The zero-order chi connectivity index (χ0) is 15.5. The fraction of sp³-hybridized carbons (Fsp3) is 0.562. The van der Waals surface area contributed by atoms with Crippen LogP contribution in [0.15, 0.2) is 24.3 Å². The first-order valence-electron chi connectivity index (χ1n) is 7.51. The first kappa shape index (κ1) is 17.6. The normalized spacial score (nSPS) is 11.0. The van der Waals surface area contributed by atoms with Gasteiger partial charge in [-0.2, -0.15) is 0 Å². The summed E-state index contributed by atoms with van der Waals surface area (Å²) in [7, 11) is -1.83. The molecular formula is C16H24O4P+. The van der Waals surface area contributed by atoms with Gasteiger partial charge in [-0.1, -0.05) is 43.4 Å². The molecule has 4 nitrogen and oxygen atoms in total. The number of carbonyl (C=O) groups excluding carboxylic acids is 1. The molecule has 0 spiro atoms. The molecule has 1 aromatic rings. The molecule has 0 aliphatic heterocycles. The average molecular weight is 311 g/mol. The van der Waals surface area contributed by atoms with Gasteiger partial charge in [0.05, 0.1) is 13.2 Å². The highest BCUT2D eigenvalue weighted by atomic mass is 31.1.